The Kier molecular flexibility index (Phi) is 6.75. The first-order valence-corrected chi connectivity index (χ1v) is 11.6. The van der Waals surface area contributed by atoms with E-state index in [0.29, 0.717) is 43.1 Å². The molecule has 0 aliphatic carbocycles. The van der Waals surface area contributed by atoms with Crippen LogP contribution in [-0.4, -0.2) is 50.7 Å². The lowest BCUT2D eigenvalue weighted by molar-refractivity contribution is -0.121. The molecule has 4 rings (SSSR count). The summed E-state index contributed by atoms with van der Waals surface area (Å²) in [6.07, 6.45) is 8.70. The minimum atomic E-state index is -0.163. The fourth-order valence-corrected chi connectivity index (χ4v) is 4.78. The van der Waals surface area contributed by atoms with Crippen LogP contribution in [-0.2, 0) is 11.3 Å². The summed E-state index contributed by atoms with van der Waals surface area (Å²) in [5.74, 6) is 0.760. The molecule has 0 aromatic carbocycles. The number of amides is 1. The van der Waals surface area contributed by atoms with E-state index >= 15 is 0 Å². The van der Waals surface area contributed by atoms with Gasteiger partial charge in [-0.25, -0.2) is 4.68 Å². The van der Waals surface area contributed by atoms with Gasteiger partial charge in [0.25, 0.3) is 5.56 Å². The first-order chi connectivity index (χ1) is 15.1. The molecular formula is C23H33N5O3. The summed E-state index contributed by atoms with van der Waals surface area (Å²) in [6, 6.07) is 4.29. The number of fused-ring (bicyclic) bond motifs is 3. The predicted octanol–water partition coefficient (Wildman–Crippen LogP) is 3.10. The van der Waals surface area contributed by atoms with E-state index in [1.165, 1.54) is 36.9 Å². The fraction of sp³-hybridized carbons (Fsp3) is 0.609. The molecule has 1 unspecified atom stereocenters. The average Bonchev–Trinajstić information content (AvgIpc) is 3.36. The largest absolute Gasteiger partial charge is 0.463 e. The van der Waals surface area contributed by atoms with Gasteiger partial charge in [0, 0.05) is 44.2 Å². The van der Waals surface area contributed by atoms with Crippen LogP contribution in [0.5, 0.6) is 0 Å². The molecule has 8 heteroatoms. The van der Waals surface area contributed by atoms with Crippen LogP contribution in [0.4, 0.5) is 0 Å². The number of aryl methyl sites for hydroxylation is 2. The number of rotatable bonds is 9. The zero-order chi connectivity index (χ0) is 21.8. The van der Waals surface area contributed by atoms with Crippen LogP contribution in [0.2, 0.25) is 0 Å². The lowest BCUT2D eigenvalue weighted by Crippen LogP contribution is -2.40. The van der Waals surface area contributed by atoms with Crippen molar-refractivity contribution in [3.8, 4) is 0 Å². The highest BCUT2D eigenvalue weighted by Gasteiger charge is 2.20. The molecule has 1 N–H and O–H groups in total. The Morgan fingerprint density at radius 2 is 2.13 bits per heavy atom. The van der Waals surface area contributed by atoms with Gasteiger partial charge in [0.1, 0.15) is 11.3 Å². The van der Waals surface area contributed by atoms with Crippen LogP contribution in [0, 0.1) is 6.92 Å². The SMILES string of the molecule is CCC1CCCCN1CCCNC(=O)CCCn1nc(C)n2c(cc3occc32)c1=O. The van der Waals surface area contributed by atoms with Crippen molar-refractivity contribution in [2.24, 2.45) is 0 Å². The second-order valence-corrected chi connectivity index (χ2v) is 8.51. The van der Waals surface area contributed by atoms with Gasteiger partial charge in [0.15, 0.2) is 5.58 Å². The molecular weight excluding hydrogens is 394 g/mol. The van der Waals surface area contributed by atoms with Gasteiger partial charge in [-0.3, -0.25) is 14.0 Å². The number of hydrogen-bond donors (Lipinski definition) is 1. The zero-order valence-corrected chi connectivity index (χ0v) is 18.6. The molecule has 31 heavy (non-hydrogen) atoms. The van der Waals surface area contributed by atoms with Crippen molar-refractivity contribution in [3.63, 3.8) is 0 Å². The number of hydrogen-bond acceptors (Lipinski definition) is 5. The van der Waals surface area contributed by atoms with Crippen molar-refractivity contribution < 1.29 is 9.21 Å². The number of nitrogens with zero attached hydrogens (tertiary/aromatic N) is 4. The van der Waals surface area contributed by atoms with Crippen LogP contribution in [0.3, 0.4) is 0 Å². The Hall–Kier alpha value is -2.61. The lowest BCUT2D eigenvalue weighted by Gasteiger charge is -2.35. The van der Waals surface area contributed by atoms with Gasteiger partial charge in [-0.15, -0.1) is 0 Å². The monoisotopic (exact) mass is 427 g/mol. The molecule has 0 radical (unpaired) electrons. The topological polar surface area (TPSA) is 84.8 Å². The summed E-state index contributed by atoms with van der Waals surface area (Å²) in [6.45, 7) is 7.49. The Morgan fingerprint density at radius 1 is 1.26 bits per heavy atom. The molecule has 1 amide bonds. The first kappa shape index (κ1) is 21.6. The summed E-state index contributed by atoms with van der Waals surface area (Å²) in [5, 5.41) is 7.45. The molecule has 8 nitrogen and oxygen atoms in total. The Balaban J connectivity index is 1.24. The number of aromatic nitrogens is 3. The van der Waals surface area contributed by atoms with E-state index in [-0.39, 0.29) is 11.5 Å². The molecule has 3 aromatic heterocycles. The Morgan fingerprint density at radius 3 is 2.97 bits per heavy atom. The van der Waals surface area contributed by atoms with Crippen molar-refractivity contribution in [3.05, 3.63) is 34.6 Å². The maximum Gasteiger partial charge on any atom is 0.291 e. The molecule has 168 valence electrons. The van der Waals surface area contributed by atoms with Crippen LogP contribution in [0.25, 0.3) is 16.6 Å². The molecule has 1 fully saturated rings. The third-order valence-corrected chi connectivity index (χ3v) is 6.40. The zero-order valence-electron chi connectivity index (χ0n) is 18.6. The van der Waals surface area contributed by atoms with E-state index < -0.39 is 0 Å². The van der Waals surface area contributed by atoms with Gasteiger partial charge < -0.3 is 14.6 Å². The van der Waals surface area contributed by atoms with Gasteiger partial charge in [-0.2, -0.15) is 5.10 Å². The second kappa shape index (κ2) is 9.68. The van der Waals surface area contributed by atoms with Crippen molar-refractivity contribution in [2.45, 2.75) is 71.4 Å². The van der Waals surface area contributed by atoms with Gasteiger partial charge in [0.05, 0.1) is 11.8 Å². The molecule has 1 aliphatic heterocycles. The van der Waals surface area contributed by atoms with Gasteiger partial charge in [-0.05, 0) is 45.6 Å². The highest BCUT2D eigenvalue weighted by Crippen LogP contribution is 2.20. The number of carbonyl (C=O) groups excluding carboxylic acids is 1. The normalized spacial score (nSPS) is 17.5. The number of carbonyl (C=O) groups is 1. The molecule has 1 aliphatic rings. The number of furan rings is 1. The van der Waals surface area contributed by atoms with Gasteiger partial charge >= 0.3 is 0 Å². The predicted molar refractivity (Wildman–Crippen MR) is 120 cm³/mol. The van der Waals surface area contributed by atoms with Gasteiger partial charge in [-0.1, -0.05) is 13.3 Å². The molecule has 4 heterocycles. The third kappa shape index (κ3) is 4.69. The van der Waals surface area contributed by atoms with E-state index in [0.717, 1.165) is 24.3 Å². The molecule has 0 bridgehead atoms. The quantitative estimate of drug-likeness (QED) is 0.531. The Labute approximate surface area is 182 Å². The number of piperidine rings is 1. The molecule has 1 atom stereocenters. The third-order valence-electron chi connectivity index (χ3n) is 6.40. The van der Waals surface area contributed by atoms with E-state index in [9.17, 15) is 9.59 Å². The van der Waals surface area contributed by atoms with E-state index in [1.54, 1.807) is 12.3 Å². The summed E-state index contributed by atoms with van der Waals surface area (Å²) in [4.78, 5) is 27.5. The minimum absolute atomic E-state index is 0.0386. The summed E-state index contributed by atoms with van der Waals surface area (Å²) >= 11 is 0. The van der Waals surface area contributed by atoms with Gasteiger partial charge in [0.2, 0.25) is 5.91 Å². The van der Waals surface area contributed by atoms with Crippen molar-refractivity contribution in [2.75, 3.05) is 19.6 Å². The van der Waals surface area contributed by atoms with E-state index in [4.69, 9.17) is 4.42 Å². The molecule has 1 saturated heterocycles. The number of nitrogens with one attached hydrogen (secondary N) is 1. The van der Waals surface area contributed by atoms with Crippen molar-refractivity contribution in [1.82, 2.24) is 24.4 Å². The number of likely N-dealkylation sites (tertiary alicyclic amines) is 1. The maximum atomic E-state index is 12.8. The Bertz CT molecular complexity index is 1100. The summed E-state index contributed by atoms with van der Waals surface area (Å²) < 4.78 is 8.68. The summed E-state index contributed by atoms with van der Waals surface area (Å²) in [7, 11) is 0. The van der Waals surface area contributed by atoms with E-state index in [2.05, 4.69) is 22.2 Å². The van der Waals surface area contributed by atoms with Crippen LogP contribution >= 0.6 is 0 Å². The summed E-state index contributed by atoms with van der Waals surface area (Å²) in [5.41, 5.74) is 1.91. The molecule has 0 saturated carbocycles. The molecule has 3 aromatic rings. The highest BCUT2D eigenvalue weighted by molar-refractivity contribution is 5.82. The highest BCUT2D eigenvalue weighted by atomic mass is 16.3. The molecule has 0 spiro atoms. The van der Waals surface area contributed by atoms with E-state index in [1.807, 2.05) is 17.4 Å². The fourth-order valence-electron chi connectivity index (χ4n) is 4.78. The van der Waals surface area contributed by atoms with Crippen LogP contribution in [0.1, 0.15) is 57.7 Å². The standard InChI is InChI=1S/C23H33N5O3/c1-3-18-8-4-5-12-26(18)13-7-11-24-22(29)9-6-14-27-23(30)20-16-21-19(10-15-31-21)28(20)17(2)25-27/h10,15-16,18H,3-9,11-14H2,1-2H3,(H,24,29). The van der Waals surface area contributed by atoms with Crippen LogP contribution < -0.4 is 10.9 Å². The smallest absolute Gasteiger partial charge is 0.291 e. The second-order valence-electron chi connectivity index (χ2n) is 8.51. The minimum Gasteiger partial charge on any atom is -0.463 e. The maximum absolute atomic E-state index is 12.8. The van der Waals surface area contributed by atoms with Crippen molar-refractivity contribution >= 4 is 22.5 Å². The van der Waals surface area contributed by atoms with Crippen LogP contribution in [0.15, 0.2) is 27.6 Å². The average molecular weight is 428 g/mol. The first-order valence-electron chi connectivity index (χ1n) is 11.6. The van der Waals surface area contributed by atoms with Crippen molar-refractivity contribution in [1.29, 1.82) is 0 Å². The lowest BCUT2D eigenvalue weighted by atomic mass is 10.00.